The molecule has 3 heterocycles. The molecule has 2 fully saturated rings. The summed E-state index contributed by atoms with van der Waals surface area (Å²) in [5, 5.41) is 2.85. The molecule has 2 aliphatic rings. The summed E-state index contributed by atoms with van der Waals surface area (Å²) in [6.07, 6.45) is -3.14. The van der Waals surface area contributed by atoms with Gasteiger partial charge >= 0.3 is 6.18 Å². The van der Waals surface area contributed by atoms with E-state index in [0.717, 1.165) is 42.6 Å². The van der Waals surface area contributed by atoms with E-state index in [4.69, 9.17) is 4.74 Å². The first-order valence-corrected chi connectivity index (χ1v) is 10.0. The van der Waals surface area contributed by atoms with Gasteiger partial charge in [0.15, 0.2) is 5.13 Å². The highest BCUT2D eigenvalue weighted by molar-refractivity contribution is 8.00. The molecule has 1 spiro atoms. The number of nitroso groups, excluding NO2 is 1. The molecule has 2 aliphatic heterocycles. The Bertz CT molecular complexity index is 948. The van der Waals surface area contributed by atoms with E-state index in [1.807, 2.05) is 4.90 Å². The van der Waals surface area contributed by atoms with E-state index in [1.54, 1.807) is 11.8 Å². The second kappa shape index (κ2) is 6.71. The number of rotatable bonds is 2. The highest BCUT2D eigenvalue weighted by Gasteiger charge is 2.40. The van der Waals surface area contributed by atoms with Crippen molar-refractivity contribution in [2.24, 2.45) is 5.18 Å². The largest absolute Gasteiger partial charge is 0.416 e. The summed E-state index contributed by atoms with van der Waals surface area (Å²) in [7, 11) is 0. The van der Waals surface area contributed by atoms with Crippen molar-refractivity contribution in [2.75, 3.05) is 30.3 Å². The second-order valence-corrected chi connectivity index (χ2v) is 8.78. The second-order valence-electron chi connectivity index (χ2n) is 6.36. The summed E-state index contributed by atoms with van der Waals surface area (Å²) in [5.41, 5.74) is -2.27. The number of thioether (sulfide) groups is 1. The van der Waals surface area contributed by atoms with Gasteiger partial charge in [-0.05, 0) is 17.3 Å². The first-order chi connectivity index (χ1) is 12.8. The van der Waals surface area contributed by atoms with Crippen LogP contribution in [-0.4, -0.2) is 35.4 Å². The van der Waals surface area contributed by atoms with Gasteiger partial charge in [-0.3, -0.25) is 4.79 Å². The minimum atomic E-state index is -4.68. The summed E-state index contributed by atoms with van der Waals surface area (Å²) >= 11 is 2.80. The van der Waals surface area contributed by atoms with E-state index in [2.05, 4.69) is 10.2 Å². The number of anilines is 1. The molecule has 0 amide bonds. The van der Waals surface area contributed by atoms with Gasteiger partial charge in [0.25, 0.3) is 5.56 Å². The van der Waals surface area contributed by atoms with Crippen LogP contribution < -0.4 is 10.5 Å². The molecular formula is C16H14F3N3O3S2. The van der Waals surface area contributed by atoms with Crippen molar-refractivity contribution in [2.45, 2.75) is 24.0 Å². The summed E-state index contributed by atoms with van der Waals surface area (Å²) < 4.78 is 44.9. The lowest BCUT2D eigenvalue weighted by Crippen LogP contribution is -2.42. The number of aromatic nitrogens is 1. The molecule has 144 valence electrons. The maximum Gasteiger partial charge on any atom is 0.416 e. The molecule has 0 radical (unpaired) electrons. The molecule has 0 saturated carbocycles. The zero-order valence-corrected chi connectivity index (χ0v) is 15.5. The third-order valence-electron chi connectivity index (χ3n) is 4.73. The van der Waals surface area contributed by atoms with Crippen LogP contribution in [0.4, 0.5) is 24.0 Å². The predicted molar refractivity (Wildman–Crippen MR) is 98.9 cm³/mol. The standard InChI is InChI=1S/C16H14F3N3O3S2/c17-16(18,19)9-7-10-12(11(8-9)21-24)27-14(20-13(10)23)22-3-1-15(2-4-22)25-5-6-26-15/h7-8H,1-6H2. The number of fused-ring (bicyclic) bond motifs is 1. The monoisotopic (exact) mass is 417 g/mol. The van der Waals surface area contributed by atoms with Crippen molar-refractivity contribution in [3.63, 3.8) is 0 Å². The molecule has 1 aromatic carbocycles. The fourth-order valence-electron chi connectivity index (χ4n) is 3.33. The van der Waals surface area contributed by atoms with Crippen molar-refractivity contribution in [3.05, 3.63) is 33.0 Å². The van der Waals surface area contributed by atoms with Crippen LogP contribution in [0.5, 0.6) is 0 Å². The molecule has 2 saturated heterocycles. The van der Waals surface area contributed by atoms with Gasteiger partial charge in [0.1, 0.15) is 10.6 Å². The molecule has 11 heteroatoms. The number of ether oxygens (including phenoxy) is 1. The van der Waals surface area contributed by atoms with Crippen LogP contribution in [0.25, 0.3) is 10.1 Å². The number of alkyl halides is 3. The molecule has 6 nitrogen and oxygen atoms in total. The SMILES string of the molecule is O=Nc1cc(C(F)(F)F)cc2c(=O)nc(N3CCC4(CC3)OCCS4)sc12. The molecule has 0 N–H and O–H groups in total. The molecule has 4 rings (SSSR count). The number of hydrogen-bond donors (Lipinski definition) is 0. The number of nitrogens with zero attached hydrogens (tertiary/aromatic N) is 3. The fourth-order valence-corrected chi connectivity index (χ4v) is 5.59. The van der Waals surface area contributed by atoms with Crippen LogP contribution in [0.15, 0.2) is 22.1 Å². The summed E-state index contributed by atoms with van der Waals surface area (Å²) in [6, 6.07) is 1.40. The van der Waals surface area contributed by atoms with E-state index >= 15 is 0 Å². The highest BCUT2D eigenvalue weighted by Crippen LogP contribution is 2.43. The van der Waals surface area contributed by atoms with Crippen molar-refractivity contribution in [1.29, 1.82) is 0 Å². The minimum Gasteiger partial charge on any atom is -0.363 e. The highest BCUT2D eigenvalue weighted by atomic mass is 32.2. The smallest absolute Gasteiger partial charge is 0.363 e. The van der Waals surface area contributed by atoms with Gasteiger partial charge in [0.2, 0.25) is 0 Å². The van der Waals surface area contributed by atoms with E-state index in [0.29, 0.717) is 24.3 Å². The van der Waals surface area contributed by atoms with Crippen molar-refractivity contribution in [3.8, 4) is 0 Å². The van der Waals surface area contributed by atoms with E-state index < -0.39 is 23.0 Å². The van der Waals surface area contributed by atoms with Crippen LogP contribution in [0.2, 0.25) is 0 Å². The van der Waals surface area contributed by atoms with Crippen molar-refractivity contribution < 1.29 is 17.9 Å². The molecule has 27 heavy (non-hydrogen) atoms. The Morgan fingerprint density at radius 3 is 2.59 bits per heavy atom. The van der Waals surface area contributed by atoms with Crippen LogP contribution >= 0.6 is 23.1 Å². The summed E-state index contributed by atoms with van der Waals surface area (Å²) in [4.78, 5) is 29.2. The zero-order chi connectivity index (χ0) is 19.2. The first kappa shape index (κ1) is 18.6. The van der Waals surface area contributed by atoms with E-state index in [9.17, 15) is 22.9 Å². The van der Waals surface area contributed by atoms with Crippen LogP contribution in [0.1, 0.15) is 18.4 Å². The van der Waals surface area contributed by atoms with Gasteiger partial charge in [-0.1, -0.05) is 11.3 Å². The Labute approximate surface area is 159 Å². The zero-order valence-electron chi connectivity index (χ0n) is 13.9. The maximum absolute atomic E-state index is 13.0. The quantitative estimate of drug-likeness (QED) is 0.684. The van der Waals surface area contributed by atoms with Gasteiger partial charge in [-0.15, -0.1) is 16.7 Å². The molecule has 0 bridgehead atoms. The van der Waals surface area contributed by atoms with Crippen molar-refractivity contribution >= 4 is 44.0 Å². The molecule has 1 aromatic heterocycles. The number of piperidine rings is 1. The van der Waals surface area contributed by atoms with Crippen LogP contribution in [0.3, 0.4) is 0 Å². The van der Waals surface area contributed by atoms with E-state index in [1.165, 1.54) is 0 Å². The van der Waals surface area contributed by atoms with Gasteiger partial charge in [0, 0.05) is 31.7 Å². The third-order valence-corrected chi connectivity index (χ3v) is 7.31. The molecular weight excluding hydrogens is 403 g/mol. The molecule has 0 aliphatic carbocycles. The number of benzene rings is 1. The third kappa shape index (κ3) is 3.43. The Kier molecular flexibility index (Phi) is 4.63. The topological polar surface area (TPSA) is 71.9 Å². The molecule has 2 aromatic rings. The summed E-state index contributed by atoms with van der Waals surface area (Å²) in [6.45, 7) is 1.96. The van der Waals surface area contributed by atoms with Gasteiger partial charge in [-0.2, -0.15) is 18.2 Å². The van der Waals surface area contributed by atoms with Gasteiger partial charge < -0.3 is 9.64 Å². The molecule has 0 unspecified atom stereocenters. The average Bonchev–Trinajstić information content (AvgIpc) is 3.08. The minimum absolute atomic E-state index is 0.125. The Morgan fingerprint density at radius 2 is 2.00 bits per heavy atom. The lowest BCUT2D eigenvalue weighted by molar-refractivity contribution is -0.137. The summed E-state index contributed by atoms with van der Waals surface area (Å²) in [5.74, 6) is 0.956. The Balaban J connectivity index is 1.71. The lowest BCUT2D eigenvalue weighted by Gasteiger charge is -2.38. The number of halogens is 3. The molecule has 0 atom stereocenters. The van der Waals surface area contributed by atoms with Crippen molar-refractivity contribution in [1.82, 2.24) is 4.98 Å². The predicted octanol–water partition coefficient (Wildman–Crippen LogP) is 4.13. The Hall–Kier alpha value is -1.72. The van der Waals surface area contributed by atoms with Gasteiger partial charge in [-0.25, -0.2) is 0 Å². The first-order valence-electron chi connectivity index (χ1n) is 8.24. The van der Waals surface area contributed by atoms with Crippen LogP contribution in [-0.2, 0) is 10.9 Å². The fraction of sp³-hybridized carbons (Fsp3) is 0.500. The number of hydrogen-bond acceptors (Lipinski definition) is 8. The van der Waals surface area contributed by atoms with Crippen LogP contribution in [0, 0.1) is 4.91 Å². The van der Waals surface area contributed by atoms with E-state index in [-0.39, 0.29) is 15.0 Å². The average molecular weight is 417 g/mol. The normalized spacial score (nSPS) is 19.7. The van der Waals surface area contributed by atoms with Gasteiger partial charge in [0.05, 0.1) is 22.3 Å². The maximum atomic E-state index is 13.0. The Morgan fingerprint density at radius 1 is 1.26 bits per heavy atom. The lowest BCUT2D eigenvalue weighted by atomic mass is 10.1.